The zero-order chi connectivity index (χ0) is 17.1. The third-order valence-electron chi connectivity index (χ3n) is 4.61. The average molecular weight is 334 g/mol. The molecule has 2 fully saturated rings. The Morgan fingerprint density at radius 3 is 2.58 bits per heavy atom. The molecule has 1 amide bonds. The number of hydrogen-bond acceptors (Lipinski definition) is 6. The van der Waals surface area contributed by atoms with Gasteiger partial charge in [-0.3, -0.25) is 14.9 Å². The third kappa shape index (κ3) is 3.43. The summed E-state index contributed by atoms with van der Waals surface area (Å²) in [5.41, 5.74) is 0. The molecule has 3 heterocycles. The summed E-state index contributed by atoms with van der Waals surface area (Å²) >= 11 is 0. The number of carboxylic acids is 1. The van der Waals surface area contributed by atoms with E-state index in [0.29, 0.717) is 39.0 Å². The second kappa shape index (κ2) is 7.04. The SMILES string of the molecule is COc1ccnc(N2CCN(C(=O)[C@H]3CC[C@@H](C(=O)O)N3)CC2)c1. The molecule has 0 bridgehead atoms. The maximum atomic E-state index is 12.5. The van der Waals surface area contributed by atoms with Gasteiger partial charge in [-0.25, -0.2) is 4.98 Å². The average Bonchev–Trinajstić information content (AvgIpc) is 3.12. The van der Waals surface area contributed by atoms with Crippen molar-refractivity contribution in [2.75, 3.05) is 38.2 Å². The molecule has 8 nitrogen and oxygen atoms in total. The quantitative estimate of drug-likeness (QED) is 0.797. The highest BCUT2D eigenvalue weighted by Crippen LogP contribution is 2.20. The van der Waals surface area contributed by atoms with Gasteiger partial charge in [0, 0.05) is 38.4 Å². The molecular formula is C16H22N4O4. The fourth-order valence-corrected chi connectivity index (χ4v) is 3.21. The standard InChI is InChI=1S/C16H22N4O4/c1-24-11-4-5-17-14(10-11)19-6-8-20(9-7-19)15(21)12-2-3-13(18-12)16(22)23/h4-5,10,12-13,18H,2-3,6-9H2,1H3,(H,22,23)/t12-,13+/m1/s1. The van der Waals surface area contributed by atoms with E-state index in [1.165, 1.54) is 0 Å². The number of rotatable bonds is 4. The Labute approximate surface area is 140 Å². The van der Waals surface area contributed by atoms with Crippen LogP contribution in [0.15, 0.2) is 18.3 Å². The summed E-state index contributed by atoms with van der Waals surface area (Å²) in [6.45, 7) is 2.60. The van der Waals surface area contributed by atoms with E-state index in [1.54, 1.807) is 24.3 Å². The number of nitrogens with one attached hydrogen (secondary N) is 1. The topological polar surface area (TPSA) is 95.0 Å². The highest BCUT2D eigenvalue weighted by molar-refractivity contribution is 5.84. The van der Waals surface area contributed by atoms with E-state index in [9.17, 15) is 9.59 Å². The lowest BCUT2D eigenvalue weighted by Gasteiger charge is -2.36. The first-order valence-electron chi connectivity index (χ1n) is 8.11. The first-order valence-corrected chi connectivity index (χ1v) is 8.11. The van der Waals surface area contributed by atoms with Gasteiger partial charge in [0.15, 0.2) is 0 Å². The molecule has 2 saturated heterocycles. The molecule has 1 aromatic rings. The second-order valence-electron chi connectivity index (χ2n) is 6.05. The van der Waals surface area contributed by atoms with Crippen molar-refractivity contribution in [3.8, 4) is 5.75 Å². The van der Waals surface area contributed by atoms with Crippen LogP contribution in [-0.4, -0.2) is 72.2 Å². The van der Waals surface area contributed by atoms with Crippen LogP contribution in [0.5, 0.6) is 5.75 Å². The summed E-state index contributed by atoms with van der Waals surface area (Å²) in [6.07, 6.45) is 2.78. The van der Waals surface area contributed by atoms with Gasteiger partial charge in [0.05, 0.1) is 13.2 Å². The number of nitrogens with zero attached hydrogens (tertiary/aromatic N) is 3. The molecule has 3 rings (SSSR count). The highest BCUT2D eigenvalue weighted by Gasteiger charge is 2.36. The molecule has 0 spiro atoms. The van der Waals surface area contributed by atoms with Crippen molar-refractivity contribution in [3.05, 3.63) is 18.3 Å². The summed E-state index contributed by atoms with van der Waals surface area (Å²) in [7, 11) is 1.62. The van der Waals surface area contributed by atoms with Crippen LogP contribution in [-0.2, 0) is 9.59 Å². The van der Waals surface area contributed by atoms with E-state index >= 15 is 0 Å². The van der Waals surface area contributed by atoms with Crippen LogP contribution in [0, 0.1) is 0 Å². The predicted octanol–water partition coefficient (Wildman–Crippen LogP) is -0.0560. The number of pyridine rings is 1. The van der Waals surface area contributed by atoms with Gasteiger partial charge < -0.3 is 19.6 Å². The number of ether oxygens (including phenoxy) is 1. The molecule has 2 N–H and O–H groups in total. The van der Waals surface area contributed by atoms with Crippen molar-refractivity contribution >= 4 is 17.7 Å². The van der Waals surface area contributed by atoms with Crippen molar-refractivity contribution in [1.82, 2.24) is 15.2 Å². The minimum absolute atomic E-state index is 0.00278. The lowest BCUT2D eigenvalue weighted by atomic mass is 10.1. The highest BCUT2D eigenvalue weighted by atomic mass is 16.5. The maximum Gasteiger partial charge on any atom is 0.320 e. The van der Waals surface area contributed by atoms with E-state index in [-0.39, 0.29) is 11.9 Å². The van der Waals surface area contributed by atoms with Crippen LogP contribution < -0.4 is 15.0 Å². The van der Waals surface area contributed by atoms with Gasteiger partial charge in [-0.1, -0.05) is 0 Å². The monoisotopic (exact) mass is 334 g/mol. The smallest absolute Gasteiger partial charge is 0.320 e. The Morgan fingerprint density at radius 1 is 1.25 bits per heavy atom. The minimum atomic E-state index is -0.890. The normalized spacial score (nSPS) is 24.0. The number of carboxylic acid groups (broad SMARTS) is 1. The second-order valence-corrected chi connectivity index (χ2v) is 6.05. The van der Waals surface area contributed by atoms with E-state index in [4.69, 9.17) is 9.84 Å². The van der Waals surface area contributed by atoms with Crippen molar-refractivity contribution in [2.45, 2.75) is 24.9 Å². The molecule has 24 heavy (non-hydrogen) atoms. The molecule has 1 aromatic heterocycles. The molecule has 0 aliphatic carbocycles. The van der Waals surface area contributed by atoms with E-state index in [1.807, 2.05) is 6.07 Å². The predicted molar refractivity (Wildman–Crippen MR) is 87.2 cm³/mol. The summed E-state index contributed by atoms with van der Waals surface area (Å²) < 4.78 is 5.21. The molecule has 2 atom stereocenters. The van der Waals surface area contributed by atoms with Gasteiger partial charge in [0.1, 0.15) is 17.6 Å². The summed E-state index contributed by atoms with van der Waals surface area (Å²) in [6, 6.07) is 2.69. The van der Waals surface area contributed by atoms with Crippen molar-refractivity contribution in [3.63, 3.8) is 0 Å². The zero-order valence-corrected chi connectivity index (χ0v) is 13.6. The van der Waals surface area contributed by atoms with Crippen molar-refractivity contribution in [1.29, 1.82) is 0 Å². The molecule has 2 aliphatic rings. The number of aromatic nitrogens is 1. The molecule has 0 aromatic carbocycles. The van der Waals surface area contributed by atoms with Crippen LogP contribution in [0.1, 0.15) is 12.8 Å². The van der Waals surface area contributed by atoms with Gasteiger partial charge in [-0.2, -0.15) is 0 Å². The minimum Gasteiger partial charge on any atom is -0.497 e. The van der Waals surface area contributed by atoms with Gasteiger partial charge in [0.2, 0.25) is 5.91 Å². The van der Waals surface area contributed by atoms with Crippen LogP contribution in [0.4, 0.5) is 5.82 Å². The molecular weight excluding hydrogens is 312 g/mol. The number of amides is 1. The lowest BCUT2D eigenvalue weighted by molar-refractivity contribution is -0.139. The van der Waals surface area contributed by atoms with Crippen molar-refractivity contribution < 1.29 is 19.4 Å². The number of aliphatic carboxylic acids is 1. The summed E-state index contributed by atoms with van der Waals surface area (Å²) in [5, 5.41) is 11.9. The van der Waals surface area contributed by atoms with Crippen molar-refractivity contribution in [2.24, 2.45) is 0 Å². The molecule has 0 unspecified atom stereocenters. The Kier molecular flexibility index (Phi) is 4.84. The first-order chi connectivity index (χ1) is 11.6. The number of anilines is 1. The Balaban J connectivity index is 1.55. The third-order valence-corrected chi connectivity index (χ3v) is 4.61. The number of carbonyl (C=O) groups is 2. The maximum absolute atomic E-state index is 12.5. The number of piperazine rings is 1. The number of hydrogen-bond donors (Lipinski definition) is 2. The van der Waals surface area contributed by atoms with Crippen LogP contribution >= 0.6 is 0 Å². The van der Waals surface area contributed by atoms with Gasteiger partial charge in [-0.15, -0.1) is 0 Å². The van der Waals surface area contributed by atoms with Gasteiger partial charge in [-0.05, 0) is 18.9 Å². The molecule has 0 radical (unpaired) electrons. The fourth-order valence-electron chi connectivity index (χ4n) is 3.21. The molecule has 130 valence electrons. The van der Waals surface area contributed by atoms with E-state index < -0.39 is 12.0 Å². The molecule has 8 heteroatoms. The molecule has 2 aliphatic heterocycles. The lowest BCUT2D eigenvalue weighted by Crippen LogP contribution is -2.54. The Hall–Kier alpha value is -2.35. The summed E-state index contributed by atoms with van der Waals surface area (Å²) in [4.78, 5) is 31.8. The Morgan fingerprint density at radius 2 is 1.96 bits per heavy atom. The Bertz CT molecular complexity index is 616. The molecule has 0 saturated carbocycles. The fraction of sp³-hybridized carbons (Fsp3) is 0.562. The van der Waals surface area contributed by atoms with E-state index in [2.05, 4.69) is 15.2 Å². The van der Waals surface area contributed by atoms with Crippen LogP contribution in [0.25, 0.3) is 0 Å². The van der Waals surface area contributed by atoms with E-state index in [0.717, 1.165) is 11.6 Å². The number of methoxy groups -OCH3 is 1. The zero-order valence-electron chi connectivity index (χ0n) is 13.6. The van der Waals surface area contributed by atoms with Crippen LogP contribution in [0.3, 0.4) is 0 Å². The first kappa shape index (κ1) is 16.5. The van der Waals surface area contributed by atoms with Gasteiger partial charge in [0.25, 0.3) is 0 Å². The van der Waals surface area contributed by atoms with Crippen LogP contribution in [0.2, 0.25) is 0 Å². The largest absolute Gasteiger partial charge is 0.497 e. The summed E-state index contributed by atoms with van der Waals surface area (Å²) in [5.74, 6) is 0.705. The van der Waals surface area contributed by atoms with Gasteiger partial charge >= 0.3 is 5.97 Å². The number of carbonyl (C=O) groups excluding carboxylic acids is 1.